The fraction of sp³-hybridized carbons (Fsp3) is 0.300. The molecule has 132 valence electrons. The number of benzene rings is 2. The summed E-state index contributed by atoms with van der Waals surface area (Å²) in [6.45, 7) is 4.13. The smallest absolute Gasteiger partial charge is 0.341 e. The topological polar surface area (TPSA) is 64.6 Å². The Balaban J connectivity index is 1.96. The molecular formula is C20H23NO4. The highest BCUT2D eigenvalue weighted by atomic mass is 16.5. The average molecular weight is 341 g/mol. The number of anilines is 1. The van der Waals surface area contributed by atoms with Crippen LogP contribution >= 0.6 is 0 Å². The molecule has 0 amide bonds. The predicted molar refractivity (Wildman–Crippen MR) is 97.1 cm³/mol. The number of hydrogen-bond donors (Lipinski definition) is 1. The molecule has 0 spiro atoms. The predicted octanol–water partition coefficient (Wildman–Crippen LogP) is 3.75. The second kappa shape index (κ2) is 8.87. The Morgan fingerprint density at radius 3 is 2.44 bits per heavy atom. The van der Waals surface area contributed by atoms with Crippen molar-refractivity contribution in [2.45, 2.75) is 26.7 Å². The Hall–Kier alpha value is -2.82. The van der Waals surface area contributed by atoms with Crippen molar-refractivity contribution >= 4 is 17.6 Å². The normalized spacial score (nSPS) is 10.2. The number of esters is 2. The number of nitrogens with one attached hydrogen (secondary N) is 1. The van der Waals surface area contributed by atoms with E-state index in [9.17, 15) is 9.59 Å². The van der Waals surface area contributed by atoms with E-state index in [-0.39, 0.29) is 11.3 Å². The van der Waals surface area contributed by atoms with E-state index < -0.39 is 11.9 Å². The van der Waals surface area contributed by atoms with Gasteiger partial charge in [-0.05, 0) is 43.5 Å². The molecule has 0 heterocycles. The van der Waals surface area contributed by atoms with Crippen LogP contribution in [0.5, 0.6) is 5.75 Å². The van der Waals surface area contributed by atoms with E-state index in [0.717, 1.165) is 25.1 Å². The molecule has 0 atom stereocenters. The first-order valence-electron chi connectivity index (χ1n) is 8.20. The highest BCUT2D eigenvalue weighted by Crippen LogP contribution is 2.24. The quantitative estimate of drug-likeness (QED) is 0.472. The lowest BCUT2D eigenvalue weighted by Gasteiger charge is -2.11. The van der Waals surface area contributed by atoms with Gasteiger partial charge < -0.3 is 14.8 Å². The van der Waals surface area contributed by atoms with Crippen LogP contribution in [0.1, 0.15) is 34.8 Å². The van der Waals surface area contributed by atoms with Crippen molar-refractivity contribution in [1.82, 2.24) is 0 Å². The first-order valence-corrected chi connectivity index (χ1v) is 8.20. The fourth-order valence-corrected chi connectivity index (χ4v) is 2.43. The summed E-state index contributed by atoms with van der Waals surface area (Å²) >= 11 is 0. The first-order chi connectivity index (χ1) is 12.0. The van der Waals surface area contributed by atoms with Crippen LogP contribution in [0, 0.1) is 6.92 Å². The molecule has 0 saturated carbocycles. The minimum Gasteiger partial charge on any atom is -0.465 e. The van der Waals surface area contributed by atoms with Gasteiger partial charge in [0.15, 0.2) is 0 Å². The highest BCUT2D eigenvalue weighted by Gasteiger charge is 2.15. The van der Waals surface area contributed by atoms with Gasteiger partial charge >= 0.3 is 11.9 Å². The summed E-state index contributed by atoms with van der Waals surface area (Å²) in [5, 5.41) is 3.28. The molecule has 2 aromatic rings. The molecule has 0 aliphatic rings. The molecule has 0 bridgehead atoms. The van der Waals surface area contributed by atoms with Crippen molar-refractivity contribution in [3.05, 3.63) is 59.2 Å². The zero-order chi connectivity index (χ0) is 18.2. The SMILES string of the molecule is COC(=O)c1cc(NCCCc2ccc(C)cc2)ccc1OC(C)=O. The fourth-order valence-electron chi connectivity index (χ4n) is 2.43. The molecular weight excluding hydrogens is 318 g/mol. The third-order valence-corrected chi connectivity index (χ3v) is 3.73. The Morgan fingerprint density at radius 2 is 1.80 bits per heavy atom. The van der Waals surface area contributed by atoms with Crippen LogP contribution in [0.4, 0.5) is 5.69 Å². The maximum absolute atomic E-state index is 11.9. The van der Waals surface area contributed by atoms with E-state index >= 15 is 0 Å². The number of methoxy groups -OCH3 is 1. The van der Waals surface area contributed by atoms with Crippen LogP contribution < -0.4 is 10.1 Å². The van der Waals surface area contributed by atoms with Gasteiger partial charge in [0.05, 0.1) is 7.11 Å². The first kappa shape index (κ1) is 18.5. The number of aryl methyl sites for hydroxylation is 2. The monoisotopic (exact) mass is 341 g/mol. The van der Waals surface area contributed by atoms with Crippen LogP contribution in [0.25, 0.3) is 0 Å². The lowest BCUT2D eigenvalue weighted by atomic mass is 10.1. The minimum absolute atomic E-state index is 0.199. The minimum atomic E-state index is -0.542. The standard InChI is InChI=1S/C20H23NO4/c1-14-6-8-16(9-7-14)5-4-12-21-17-10-11-19(25-15(2)22)18(13-17)20(23)24-3/h6-11,13,21H,4-5,12H2,1-3H3. The van der Waals surface area contributed by atoms with Crippen molar-refractivity contribution in [2.24, 2.45) is 0 Å². The van der Waals surface area contributed by atoms with E-state index in [1.165, 1.54) is 25.2 Å². The van der Waals surface area contributed by atoms with Crippen LogP contribution in [0.15, 0.2) is 42.5 Å². The van der Waals surface area contributed by atoms with Gasteiger partial charge in [-0.15, -0.1) is 0 Å². The van der Waals surface area contributed by atoms with Gasteiger partial charge in [0.2, 0.25) is 0 Å². The summed E-state index contributed by atoms with van der Waals surface area (Å²) in [6, 6.07) is 13.5. The molecule has 2 rings (SSSR count). The van der Waals surface area contributed by atoms with Crippen molar-refractivity contribution in [3.63, 3.8) is 0 Å². The van der Waals surface area contributed by atoms with E-state index in [1.807, 2.05) is 0 Å². The van der Waals surface area contributed by atoms with E-state index in [4.69, 9.17) is 9.47 Å². The van der Waals surface area contributed by atoms with Gasteiger partial charge in [-0.25, -0.2) is 4.79 Å². The zero-order valence-electron chi connectivity index (χ0n) is 14.8. The van der Waals surface area contributed by atoms with Gasteiger partial charge in [0.1, 0.15) is 11.3 Å². The average Bonchev–Trinajstić information content (AvgIpc) is 2.60. The van der Waals surface area contributed by atoms with Crippen LogP contribution in [0.3, 0.4) is 0 Å². The molecule has 0 aliphatic carbocycles. The Morgan fingerprint density at radius 1 is 1.08 bits per heavy atom. The molecule has 2 aromatic carbocycles. The lowest BCUT2D eigenvalue weighted by Crippen LogP contribution is -2.10. The highest BCUT2D eigenvalue weighted by molar-refractivity contribution is 5.94. The number of carbonyl (C=O) groups is 2. The van der Waals surface area contributed by atoms with Gasteiger partial charge in [-0.2, -0.15) is 0 Å². The van der Waals surface area contributed by atoms with Gasteiger partial charge in [-0.1, -0.05) is 29.8 Å². The molecule has 5 heteroatoms. The number of carbonyl (C=O) groups excluding carboxylic acids is 2. The summed E-state index contributed by atoms with van der Waals surface area (Å²) in [4.78, 5) is 23.0. The molecule has 0 saturated heterocycles. The van der Waals surface area contributed by atoms with Gasteiger partial charge in [0.25, 0.3) is 0 Å². The third-order valence-electron chi connectivity index (χ3n) is 3.73. The summed E-state index contributed by atoms with van der Waals surface area (Å²) in [5.41, 5.74) is 3.55. The molecule has 5 nitrogen and oxygen atoms in total. The Bertz CT molecular complexity index is 738. The summed E-state index contributed by atoms with van der Waals surface area (Å²) in [7, 11) is 1.29. The van der Waals surface area contributed by atoms with Crippen molar-refractivity contribution in [2.75, 3.05) is 19.0 Å². The number of rotatable bonds is 7. The Kier molecular flexibility index (Phi) is 6.57. The molecule has 25 heavy (non-hydrogen) atoms. The number of ether oxygens (including phenoxy) is 2. The second-order valence-electron chi connectivity index (χ2n) is 5.81. The summed E-state index contributed by atoms with van der Waals surface area (Å²) < 4.78 is 9.80. The zero-order valence-corrected chi connectivity index (χ0v) is 14.8. The summed E-state index contributed by atoms with van der Waals surface area (Å²) in [6.07, 6.45) is 1.94. The third kappa shape index (κ3) is 5.64. The molecule has 0 fully saturated rings. The molecule has 0 radical (unpaired) electrons. The second-order valence-corrected chi connectivity index (χ2v) is 5.81. The van der Waals surface area contributed by atoms with Gasteiger partial charge in [0, 0.05) is 19.2 Å². The maximum atomic E-state index is 11.9. The summed E-state index contributed by atoms with van der Waals surface area (Å²) in [5.74, 6) is -0.826. The molecule has 0 unspecified atom stereocenters. The number of hydrogen-bond acceptors (Lipinski definition) is 5. The maximum Gasteiger partial charge on any atom is 0.341 e. The molecule has 0 aromatic heterocycles. The lowest BCUT2D eigenvalue weighted by molar-refractivity contribution is -0.131. The van der Waals surface area contributed by atoms with Crippen LogP contribution in [-0.4, -0.2) is 25.6 Å². The van der Waals surface area contributed by atoms with E-state index in [0.29, 0.717) is 0 Å². The van der Waals surface area contributed by atoms with Crippen molar-refractivity contribution in [3.8, 4) is 5.75 Å². The van der Waals surface area contributed by atoms with E-state index in [1.54, 1.807) is 18.2 Å². The van der Waals surface area contributed by atoms with Crippen LogP contribution in [-0.2, 0) is 16.0 Å². The van der Waals surface area contributed by atoms with Gasteiger partial charge in [-0.3, -0.25) is 4.79 Å². The molecule has 0 aliphatic heterocycles. The van der Waals surface area contributed by atoms with Crippen molar-refractivity contribution in [1.29, 1.82) is 0 Å². The van der Waals surface area contributed by atoms with Crippen molar-refractivity contribution < 1.29 is 19.1 Å². The molecule has 1 N–H and O–H groups in total. The Labute approximate surface area is 148 Å². The van der Waals surface area contributed by atoms with E-state index in [2.05, 4.69) is 36.5 Å². The van der Waals surface area contributed by atoms with Crippen LogP contribution in [0.2, 0.25) is 0 Å². The largest absolute Gasteiger partial charge is 0.465 e.